The summed E-state index contributed by atoms with van der Waals surface area (Å²) in [5.41, 5.74) is 3.04. The van der Waals surface area contributed by atoms with E-state index in [-0.39, 0.29) is 17.6 Å². The molecular weight excluding hydrogens is 355 g/mol. The van der Waals surface area contributed by atoms with E-state index in [9.17, 15) is 14.0 Å². The molecule has 3 rings (SSSR count). The molecule has 2 N–H and O–H groups in total. The fraction of sp³-hybridized carbons (Fsp3) is 0.130. The molecule has 3 aromatic carbocycles. The summed E-state index contributed by atoms with van der Waals surface area (Å²) in [5, 5.41) is 5.70. The zero-order valence-corrected chi connectivity index (χ0v) is 15.3. The summed E-state index contributed by atoms with van der Waals surface area (Å²) in [7, 11) is 0. The molecule has 0 bridgehead atoms. The lowest BCUT2D eigenvalue weighted by Gasteiger charge is -2.08. The molecule has 0 atom stereocenters. The van der Waals surface area contributed by atoms with Crippen LogP contribution in [0.4, 0.5) is 4.39 Å². The van der Waals surface area contributed by atoms with E-state index in [1.807, 2.05) is 30.3 Å². The highest BCUT2D eigenvalue weighted by molar-refractivity contribution is 5.94. The summed E-state index contributed by atoms with van der Waals surface area (Å²) >= 11 is 0. The highest BCUT2D eigenvalue weighted by atomic mass is 19.1. The first-order valence-electron chi connectivity index (χ1n) is 9.06. The Balaban J connectivity index is 1.46. The second-order valence-corrected chi connectivity index (χ2v) is 6.38. The summed E-state index contributed by atoms with van der Waals surface area (Å²) in [6.45, 7) is 0.861. The van der Waals surface area contributed by atoms with Crippen LogP contribution in [0.15, 0.2) is 78.9 Å². The fourth-order valence-electron chi connectivity index (χ4n) is 2.72. The van der Waals surface area contributed by atoms with Gasteiger partial charge in [-0.25, -0.2) is 4.39 Å². The van der Waals surface area contributed by atoms with Gasteiger partial charge in [-0.05, 0) is 53.9 Å². The molecule has 0 unspecified atom stereocenters. The van der Waals surface area contributed by atoms with Gasteiger partial charge in [0.25, 0.3) is 11.8 Å². The third-order valence-electron chi connectivity index (χ3n) is 4.32. The van der Waals surface area contributed by atoms with E-state index in [0.29, 0.717) is 30.6 Å². The Labute approximate surface area is 163 Å². The monoisotopic (exact) mass is 376 g/mol. The van der Waals surface area contributed by atoms with Gasteiger partial charge in [0.2, 0.25) is 0 Å². The number of benzene rings is 3. The van der Waals surface area contributed by atoms with Gasteiger partial charge < -0.3 is 10.6 Å². The molecule has 0 aromatic heterocycles. The fourth-order valence-corrected chi connectivity index (χ4v) is 2.72. The molecule has 2 amide bonds. The minimum absolute atomic E-state index is 0.136. The minimum atomic E-state index is -0.271. The molecule has 0 aliphatic carbocycles. The Kier molecular flexibility index (Phi) is 6.52. The zero-order chi connectivity index (χ0) is 19.8. The van der Waals surface area contributed by atoms with Crippen LogP contribution in [0.5, 0.6) is 0 Å². The Morgan fingerprint density at radius 1 is 0.679 bits per heavy atom. The molecule has 0 aliphatic rings. The van der Waals surface area contributed by atoms with E-state index >= 15 is 0 Å². The first-order chi connectivity index (χ1) is 13.6. The number of amides is 2. The van der Waals surface area contributed by atoms with Crippen molar-refractivity contribution in [3.05, 3.63) is 107 Å². The maximum Gasteiger partial charge on any atom is 0.251 e. The van der Waals surface area contributed by atoms with Crippen molar-refractivity contribution in [1.82, 2.24) is 10.6 Å². The Bertz CT molecular complexity index is 923. The van der Waals surface area contributed by atoms with Gasteiger partial charge in [0.1, 0.15) is 5.82 Å². The number of hydrogen-bond acceptors (Lipinski definition) is 2. The summed E-state index contributed by atoms with van der Waals surface area (Å²) in [5.74, 6) is -0.571. The van der Waals surface area contributed by atoms with Crippen molar-refractivity contribution in [2.24, 2.45) is 0 Å². The average molecular weight is 376 g/mol. The standard InChI is InChI=1S/C23H21FN2O2/c24-21-12-8-17(9-13-21)14-15-25-22(27)20-10-6-18(7-11-20)16-26-23(28)19-4-2-1-3-5-19/h1-13H,14-16H2,(H,25,27)(H,26,28). The lowest BCUT2D eigenvalue weighted by Crippen LogP contribution is -2.26. The van der Waals surface area contributed by atoms with Gasteiger partial charge in [-0.2, -0.15) is 0 Å². The Morgan fingerprint density at radius 3 is 1.93 bits per heavy atom. The molecule has 0 heterocycles. The number of carbonyl (C=O) groups excluding carboxylic acids is 2. The molecule has 142 valence electrons. The summed E-state index contributed by atoms with van der Waals surface area (Å²) < 4.78 is 12.9. The largest absolute Gasteiger partial charge is 0.352 e. The maximum atomic E-state index is 12.9. The van der Waals surface area contributed by atoms with Crippen LogP contribution in [0.25, 0.3) is 0 Å². The number of rotatable bonds is 7. The van der Waals surface area contributed by atoms with E-state index < -0.39 is 0 Å². The smallest absolute Gasteiger partial charge is 0.251 e. The van der Waals surface area contributed by atoms with Crippen molar-refractivity contribution >= 4 is 11.8 Å². The van der Waals surface area contributed by atoms with Crippen LogP contribution in [-0.4, -0.2) is 18.4 Å². The molecule has 5 heteroatoms. The van der Waals surface area contributed by atoms with Crippen molar-refractivity contribution in [2.75, 3.05) is 6.54 Å². The second-order valence-electron chi connectivity index (χ2n) is 6.38. The van der Waals surface area contributed by atoms with E-state index in [2.05, 4.69) is 10.6 Å². The van der Waals surface area contributed by atoms with E-state index in [0.717, 1.165) is 11.1 Å². The third-order valence-corrected chi connectivity index (χ3v) is 4.32. The number of nitrogens with one attached hydrogen (secondary N) is 2. The van der Waals surface area contributed by atoms with Gasteiger partial charge in [0.15, 0.2) is 0 Å². The van der Waals surface area contributed by atoms with Gasteiger partial charge in [-0.1, -0.05) is 42.5 Å². The SMILES string of the molecule is O=C(NCCc1ccc(F)cc1)c1ccc(CNC(=O)c2ccccc2)cc1. The minimum Gasteiger partial charge on any atom is -0.352 e. The Hall–Kier alpha value is -3.47. The third kappa shape index (κ3) is 5.51. The van der Waals surface area contributed by atoms with Gasteiger partial charge in [-0.3, -0.25) is 9.59 Å². The van der Waals surface area contributed by atoms with Crippen LogP contribution < -0.4 is 10.6 Å². The van der Waals surface area contributed by atoms with Gasteiger partial charge in [0.05, 0.1) is 0 Å². The summed E-state index contributed by atoms with van der Waals surface area (Å²) in [4.78, 5) is 24.3. The predicted octanol–water partition coefficient (Wildman–Crippen LogP) is 3.73. The Morgan fingerprint density at radius 2 is 1.25 bits per heavy atom. The molecule has 0 radical (unpaired) electrons. The van der Waals surface area contributed by atoms with Crippen molar-refractivity contribution < 1.29 is 14.0 Å². The molecular formula is C23H21FN2O2. The van der Waals surface area contributed by atoms with Crippen molar-refractivity contribution in [1.29, 1.82) is 0 Å². The zero-order valence-electron chi connectivity index (χ0n) is 15.3. The van der Waals surface area contributed by atoms with Gasteiger partial charge in [0, 0.05) is 24.2 Å². The molecule has 3 aromatic rings. The van der Waals surface area contributed by atoms with E-state index in [1.165, 1.54) is 12.1 Å². The molecule has 28 heavy (non-hydrogen) atoms. The van der Waals surface area contributed by atoms with Crippen LogP contribution in [0.1, 0.15) is 31.8 Å². The van der Waals surface area contributed by atoms with Crippen LogP contribution in [0.3, 0.4) is 0 Å². The maximum absolute atomic E-state index is 12.9. The first kappa shape index (κ1) is 19.3. The summed E-state index contributed by atoms with van der Waals surface area (Å²) in [6.07, 6.45) is 0.635. The van der Waals surface area contributed by atoms with Crippen LogP contribution >= 0.6 is 0 Å². The lowest BCUT2D eigenvalue weighted by atomic mass is 10.1. The van der Waals surface area contributed by atoms with Crippen LogP contribution in [-0.2, 0) is 13.0 Å². The number of hydrogen-bond donors (Lipinski definition) is 2. The number of carbonyl (C=O) groups is 2. The molecule has 0 spiro atoms. The molecule has 4 nitrogen and oxygen atoms in total. The highest BCUT2D eigenvalue weighted by Crippen LogP contribution is 2.06. The quantitative estimate of drug-likeness (QED) is 0.660. The van der Waals surface area contributed by atoms with E-state index in [1.54, 1.807) is 36.4 Å². The first-order valence-corrected chi connectivity index (χ1v) is 9.06. The molecule has 0 saturated heterocycles. The highest BCUT2D eigenvalue weighted by Gasteiger charge is 2.07. The van der Waals surface area contributed by atoms with Crippen LogP contribution in [0, 0.1) is 5.82 Å². The van der Waals surface area contributed by atoms with Crippen LogP contribution in [0.2, 0.25) is 0 Å². The van der Waals surface area contributed by atoms with Crippen molar-refractivity contribution in [3.8, 4) is 0 Å². The number of halogens is 1. The van der Waals surface area contributed by atoms with Gasteiger partial charge in [-0.15, -0.1) is 0 Å². The van der Waals surface area contributed by atoms with Gasteiger partial charge >= 0.3 is 0 Å². The second kappa shape index (κ2) is 9.46. The predicted molar refractivity (Wildman–Crippen MR) is 106 cm³/mol. The van der Waals surface area contributed by atoms with E-state index in [4.69, 9.17) is 0 Å². The van der Waals surface area contributed by atoms with Crippen molar-refractivity contribution in [2.45, 2.75) is 13.0 Å². The molecule has 0 saturated carbocycles. The average Bonchev–Trinajstić information content (AvgIpc) is 2.74. The molecule has 0 fully saturated rings. The topological polar surface area (TPSA) is 58.2 Å². The normalized spacial score (nSPS) is 10.3. The molecule has 0 aliphatic heterocycles. The van der Waals surface area contributed by atoms with Crippen molar-refractivity contribution in [3.63, 3.8) is 0 Å². The lowest BCUT2D eigenvalue weighted by molar-refractivity contribution is 0.0943. The summed E-state index contributed by atoms with van der Waals surface area (Å²) in [6, 6.07) is 22.4.